The Hall–Kier alpha value is -1.91. The molecule has 17 heavy (non-hydrogen) atoms. The fourth-order valence-corrected chi connectivity index (χ4v) is 2.45. The Bertz CT molecular complexity index is 457. The van der Waals surface area contributed by atoms with Gasteiger partial charge in [0.15, 0.2) is 0 Å². The van der Waals surface area contributed by atoms with E-state index >= 15 is 0 Å². The van der Waals surface area contributed by atoms with Crippen LogP contribution >= 0.6 is 0 Å². The molecule has 0 saturated carbocycles. The fourth-order valence-electron chi connectivity index (χ4n) is 2.45. The van der Waals surface area contributed by atoms with Gasteiger partial charge in [0.05, 0.1) is 6.20 Å². The number of hydrogen-bond acceptors (Lipinski definition) is 3. The molecule has 2 bridgehead atoms. The van der Waals surface area contributed by atoms with Crippen LogP contribution in [0.25, 0.3) is 0 Å². The first kappa shape index (κ1) is 10.3. The lowest BCUT2D eigenvalue weighted by molar-refractivity contribution is -0.875. The number of aromatic nitrogens is 2. The molecule has 2 aliphatic rings. The van der Waals surface area contributed by atoms with Gasteiger partial charge in [-0.05, 0) is 12.5 Å². The van der Waals surface area contributed by atoms with Gasteiger partial charge in [-0.3, -0.25) is 0 Å². The number of hydrogen-bond donors (Lipinski definition) is 0. The Morgan fingerprint density at radius 3 is 2.94 bits per heavy atom. The van der Waals surface area contributed by atoms with Crippen molar-refractivity contribution in [2.75, 3.05) is 19.1 Å². The Labute approximate surface area is 100 Å². The van der Waals surface area contributed by atoms with Gasteiger partial charge in [0.1, 0.15) is 32.7 Å². The van der Waals surface area contributed by atoms with E-state index in [1.54, 1.807) is 23.7 Å². The molecule has 1 aliphatic carbocycles. The van der Waals surface area contributed by atoms with Crippen LogP contribution in [0.1, 0.15) is 6.42 Å². The van der Waals surface area contributed by atoms with Crippen LogP contribution in [0.5, 0.6) is 0 Å². The lowest BCUT2D eigenvalue weighted by atomic mass is 10.0. The van der Waals surface area contributed by atoms with Crippen molar-refractivity contribution in [3.8, 4) is 0 Å². The maximum atomic E-state index is 5.30. The quantitative estimate of drug-likeness (QED) is 0.552. The summed E-state index contributed by atoms with van der Waals surface area (Å²) in [5, 5.41) is 0. The van der Waals surface area contributed by atoms with Gasteiger partial charge in [-0.25, -0.2) is 4.90 Å². The molecule has 1 aromatic rings. The third-order valence-corrected chi connectivity index (χ3v) is 3.30. The zero-order valence-electron chi connectivity index (χ0n) is 9.98. The molecule has 0 amide bonds. The SMILES string of the molecule is COn1cc[n+](OC)c1N1C=C[C@H]2C=C[C@@H]1C2. The number of imidazole rings is 1. The predicted octanol–water partition coefficient (Wildman–Crippen LogP) is 0.171. The maximum Gasteiger partial charge on any atom is 0.438 e. The molecule has 1 aliphatic heterocycles. The molecule has 0 unspecified atom stereocenters. The lowest BCUT2D eigenvalue weighted by Gasteiger charge is -2.23. The summed E-state index contributed by atoms with van der Waals surface area (Å²) in [7, 11) is 3.29. The first-order valence-corrected chi connectivity index (χ1v) is 5.70. The van der Waals surface area contributed by atoms with Gasteiger partial charge in [0.25, 0.3) is 0 Å². The summed E-state index contributed by atoms with van der Waals surface area (Å²) in [4.78, 5) is 12.8. The van der Waals surface area contributed by atoms with Gasteiger partial charge < -0.3 is 9.68 Å². The van der Waals surface area contributed by atoms with Crippen molar-refractivity contribution in [2.45, 2.75) is 12.5 Å². The Morgan fingerprint density at radius 2 is 2.18 bits per heavy atom. The van der Waals surface area contributed by atoms with Crippen LogP contribution in [-0.2, 0) is 0 Å². The Balaban J connectivity index is 2.03. The second-order valence-electron chi connectivity index (χ2n) is 4.22. The molecule has 90 valence electrons. The molecular weight excluding hydrogens is 218 g/mol. The van der Waals surface area contributed by atoms with Crippen molar-refractivity contribution in [2.24, 2.45) is 5.92 Å². The molecule has 5 heteroatoms. The molecular formula is C12H16N3O2+. The van der Waals surface area contributed by atoms with E-state index in [1.165, 1.54) is 0 Å². The maximum absolute atomic E-state index is 5.30. The molecule has 0 saturated heterocycles. The van der Waals surface area contributed by atoms with Crippen LogP contribution in [0.4, 0.5) is 5.95 Å². The third kappa shape index (κ3) is 1.50. The van der Waals surface area contributed by atoms with Crippen LogP contribution in [0, 0.1) is 5.92 Å². The zero-order valence-corrected chi connectivity index (χ0v) is 9.98. The largest absolute Gasteiger partial charge is 0.438 e. The zero-order chi connectivity index (χ0) is 11.8. The minimum absolute atomic E-state index is 0.384. The average Bonchev–Trinajstić information content (AvgIpc) is 2.94. The summed E-state index contributed by atoms with van der Waals surface area (Å²) in [6.45, 7) is 0. The van der Waals surface area contributed by atoms with Crippen LogP contribution in [0.2, 0.25) is 0 Å². The highest BCUT2D eigenvalue weighted by molar-refractivity contribution is 5.40. The van der Waals surface area contributed by atoms with Gasteiger partial charge in [0, 0.05) is 5.92 Å². The second kappa shape index (κ2) is 3.84. The van der Waals surface area contributed by atoms with Crippen molar-refractivity contribution in [3.63, 3.8) is 0 Å². The highest BCUT2D eigenvalue weighted by atomic mass is 16.7. The highest BCUT2D eigenvalue weighted by Crippen LogP contribution is 2.30. The Kier molecular flexibility index (Phi) is 2.31. The van der Waals surface area contributed by atoms with Gasteiger partial charge in [0.2, 0.25) is 0 Å². The number of rotatable bonds is 3. The van der Waals surface area contributed by atoms with Crippen molar-refractivity contribution in [1.29, 1.82) is 0 Å². The summed E-state index contributed by atoms with van der Waals surface area (Å²) in [6.07, 6.45) is 13.6. The van der Waals surface area contributed by atoms with E-state index in [0.717, 1.165) is 12.4 Å². The van der Waals surface area contributed by atoms with Crippen molar-refractivity contribution < 1.29 is 14.4 Å². The molecule has 0 N–H and O–H groups in total. The first-order valence-electron chi connectivity index (χ1n) is 5.70. The third-order valence-electron chi connectivity index (χ3n) is 3.30. The van der Waals surface area contributed by atoms with Crippen molar-refractivity contribution >= 4 is 5.95 Å². The molecule has 2 heterocycles. The van der Waals surface area contributed by atoms with E-state index in [4.69, 9.17) is 9.68 Å². The topological polar surface area (TPSA) is 30.5 Å². The summed E-state index contributed by atoms with van der Waals surface area (Å²) in [5.74, 6) is 1.44. The number of allylic oxidation sites excluding steroid dienone is 2. The summed E-state index contributed by atoms with van der Waals surface area (Å²) < 4.78 is 3.39. The van der Waals surface area contributed by atoms with Crippen LogP contribution in [0.15, 0.2) is 36.8 Å². The minimum Gasteiger partial charge on any atom is -0.360 e. The molecule has 0 aromatic carbocycles. The van der Waals surface area contributed by atoms with E-state index in [9.17, 15) is 0 Å². The van der Waals surface area contributed by atoms with E-state index in [1.807, 2.05) is 12.4 Å². The molecule has 0 radical (unpaired) electrons. The van der Waals surface area contributed by atoms with Gasteiger partial charge in [-0.1, -0.05) is 21.6 Å². The van der Waals surface area contributed by atoms with Crippen molar-refractivity contribution in [3.05, 3.63) is 36.8 Å². The smallest absolute Gasteiger partial charge is 0.360 e. The van der Waals surface area contributed by atoms with Crippen LogP contribution < -0.4 is 19.3 Å². The molecule has 2 atom stereocenters. The van der Waals surface area contributed by atoms with E-state index < -0.39 is 0 Å². The number of fused-ring (bicyclic) bond motifs is 2. The molecule has 5 nitrogen and oxygen atoms in total. The summed E-state index contributed by atoms with van der Waals surface area (Å²) in [6, 6.07) is 0.384. The van der Waals surface area contributed by atoms with Gasteiger partial charge >= 0.3 is 5.95 Å². The number of nitrogens with zero attached hydrogens (tertiary/aromatic N) is 3. The Morgan fingerprint density at radius 1 is 1.29 bits per heavy atom. The van der Waals surface area contributed by atoms with E-state index in [0.29, 0.717) is 12.0 Å². The lowest BCUT2D eigenvalue weighted by Crippen LogP contribution is -2.48. The molecule has 1 aromatic heterocycles. The van der Waals surface area contributed by atoms with Crippen LogP contribution in [0.3, 0.4) is 0 Å². The van der Waals surface area contributed by atoms with E-state index in [-0.39, 0.29) is 0 Å². The average molecular weight is 234 g/mol. The molecule has 0 spiro atoms. The monoisotopic (exact) mass is 234 g/mol. The minimum atomic E-state index is 0.384. The van der Waals surface area contributed by atoms with Gasteiger partial charge in [-0.15, -0.1) is 0 Å². The standard InChI is InChI=1S/C12H16N3O2/c1-16-14-7-8-15(17-2)12(14)13-6-5-10-3-4-11(13)9-10/h3-8,10-11H,9H2,1-2H3/q+1/t10-,11-/m1/s1. The first-order chi connectivity index (χ1) is 8.33. The normalized spacial score (nSPS) is 25.4. The fraction of sp³-hybridized carbons (Fsp3) is 0.417. The summed E-state index contributed by atoms with van der Waals surface area (Å²) >= 11 is 0. The predicted molar refractivity (Wildman–Crippen MR) is 62.3 cm³/mol. The molecule has 0 fully saturated rings. The summed E-state index contributed by atoms with van der Waals surface area (Å²) in [5.41, 5.74) is 0. The van der Waals surface area contributed by atoms with Gasteiger partial charge in [-0.2, -0.15) is 0 Å². The number of anilines is 1. The molecule has 3 rings (SSSR count). The van der Waals surface area contributed by atoms with Crippen molar-refractivity contribution in [1.82, 2.24) is 4.73 Å². The second-order valence-corrected chi connectivity index (χ2v) is 4.22. The highest BCUT2D eigenvalue weighted by Gasteiger charge is 2.36. The van der Waals surface area contributed by atoms with E-state index in [2.05, 4.69) is 29.3 Å². The van der Waals surface area contributed by atoms with Crippen LogP contribution in [-0.4, -0.2) is 25.0 Å².